The molecule has 3 N–H and O–H groups in total. The van der Waals surface area contributed by atoms with Crippen LogP contribution in [0.2, 0.25) is 0 Å². The number of para-hydroxylation sites is 1. The predicted octanol–water partition coefficient (Wildman–Crippen LogP) is 2.94. The molecule has 0 atom stereocenters. The van der Waals surface area contributed by atoms with Crippen molar-refractivity contribution in [3.8, 4) is 5.75 Å². The molecule has 2 amide bonds. The number of hydrogen-bond donors (Lipinski definition) is 3. The van der Waals surface area contributed by atoms with Crippen molar-refractivity contribution >= 4 is 29.1 Å². The SMILES string of the molecule is COc1ccccc1C(=O)NNC(=S)NC(=O)c1ccc(C(C)(C)C)cc1. The molecule has 27 heavy (non-hydrogen) atoms. The van der Waals surface area contributed by atoms with Gasteiger partial charge in [0, 0.05) is 5.56 Å². The Morgan fingerprint density at radius 3 is 2.15 bits per heavy atom. The van der Waals surface area contributed by atoms with Gasteiger partial charge in [-0.2, -0.15) is 0 Å². The number of carbonyl (C=O) groups excluding carboxylic acids is 2. The van der Waals surface area contributed by atoms with E-state index >= 15 is 0 Å². The summed E-state index contributed by atoms with van der Waals surface area (Å²) in [5.41, 5.74) is 6.91. The van der Waals surface area contributed by atoms with Crippen LogP contribution in [-0.2, 0) is 5.41 Å². The molecule has 0 aliphatic rings. The molecule has 6 nitrogen and oxygen atoms in total. The highest BCUT2D eigenvalue weighted by Crippen LogP contribution is 2.22. The average molecular weight is 385 g/mol. The lowest BCUT2D eigenvalue weighted by molar-refractivity contribution is 0.0932. The summed E-state index contributed by atoms with van der Waals surface area (Å²) in [7, 11) is 1.48. The van der Waals surface area contributed by atoms with Gasteiger partial charge in [0.15, 0.2) is 5.11 Å². The van der Waals surface area contributed by atoms with E-state index in [0.717, 1.165) is 5.56 Å². The highest BCUT2D eigenvalue weighted by atomic mass is 32.1. The Morgan fingerprint density at radius 2 is 1.56 bits per heavy atom. The largest absolute Gasteiger partial charge is 0.496 e. The van der Waals surface area contributed by atoms with Gasteiger partial charge in [0.2, 0.25) is 0 Å². The molecular formula is C20H23N3O3S. The van der Waals surface area contributed by atoms with Gasteiger partial charge in [0.05, 0.1) is 12.7 Å². The maximum atomic E-state index is 12.3. The van der Waals surface area contributed by atoms with Crippen LogP contribution in [0.5, 0.6) is 5.75 Å². The van der Waals surface area contributed by atoms with Crippen molar-refractivity contribution < 1.29 is 14.3 Å². The van der Waals surface area contributed by atoms with Gasteiger partial charge in [0.1, 0.15) is 5.75 Å². The van der Waals surface area contributed by atoms with Crippen molar-refractivity contribution in [2.45, 2.75) is 26.2 Å². The van der Waals surface area contributed by atoms with Gasteiger partial charge >= 0.3 is 0 Å². The minimum Gasteiger partial charge on any atom is -0.496 e. The van der Waals surface area contributed by atoms with E-state index in [1.165, 1.54) is 7.11 Å². The summed E-state index contributed by atoms with van der Waals surface area (Å²) >= 11 is 5.06. The third-order valence-corrected chi connectivity index (χ3v) is 4.09. The molecule has 2 aromatic rings. The van der Waals surface area contributed by atoms with E-state index in [-0.39, 0.29) is 16.4 Å². The van der Waals surface area contributed by atoms with Crippen LogP contribution < -0.4 is 20.9 Å². The van der Waals surface area contributed by atoms with Crippen LogP contribution in [0.1, 0.15) is 47.1 Å². The Labute approximate surface area is 164 Å². The van der Waals surface area contributed by atoms with E-state index < -0.39 is 5.91 Å². The Balaban J connectivity index is 1.91. The molecule has 0 bridgehead atoms. The molecule has 0 aliphatic heterocycles. The fraction of sp³-hybridized carbons (Fsp3) is 0.250. The molecular weight excluding hydrogens is 362 g/mol. The molecule has 0 fully saturated rings. The topological polar surface area (TPSA) is 79.5 Å². The number of hydrogen-bond acceptors (Lipinski definition) is 4. The first-order chi connectivity index (χ1) is 12.7. The van der Waals surface area contributed by atoms with Crippen molar-refractivity contribution in [3.63, 3.8) is 0 Å². The lowest BCUT2D eigenvalue weighted by Crippen LogP contribution is -2.48. The van der Waals surface area contributed by atoms with Crippen molar-refractivity contribution in [1.82, 2.24) is 16.2 Å². The normalized spacial score (nSPS) is 10.7. The van der Waals surface area contributed by atoms with Crippen molar-refractivity contribution in [1.29, 1.82) is 0 Å². The van der Waals surface area contributed by atoms with E-state index in [4.69, 9.17) is 17.0 Å². The molecule has 0 spiro atoms. The van der Waals surface area contributed by atoms with E-state index in [2.05, 4.69) is 36.9 Å². The smallest absolute Gasteiger partial charge is 0.273 e. The zero-order valence-corrected chi connectivity index (χ0v) is 16.6. The number of nitrogens with one attached hydrogen (secondary N) is 3. The molecule has 0 radical (unpaired) electrons. The van der Waals surface area contributed by atoms with Gasteiger partial charge in [-0.05, 0) is 47.5 Å². The summed E-state index contributed by atoms with van der Waals surface area (Å²) in [4.78, 5) is 24.4. The standard InChI is InChI=1S/C20H23N3O3S/c1-20(2,3)14-11-9-13(10-12-14)17(24)21-19(27)23-22-18(25)15-7-5-6-8-16(15)26-4/h5-12H,1-4H3,(H,22,25)(H2,21,23,24,27). The first-order valence-corrected chi connectivity index (χ1v) is 8.78. The second kappa shape index (κ2) is 8.64. The molecule has 0 saturated carbocycles. The highest BCUT2D eigenvalue weighted by Gasteiger charge is 2.15. The fourth-order valence-electron chi connectivity index (χ4n) is 2.34. The number of hydrazine groups is 1. The van der Waals surface area contributed by atoms with Crippen LogP contribution in [0.3, 0.4) is 0 Å². The summed E-state index contributed by atoms with van der Waals surface area (Å²) in [6, 6.07) is 14.1. The number of ether oxygens (including phenoxy) is 1. The maximum absolute atomic E-state index is 12.3. The van der Waals surface area contributed by atoms with E-state index in [9.17, 15) is 9.59 Å². The van der Waals surface area contributed by atoms with E-state index in [0.29, 0.717) is 16.9 Å². The fourth-order valence-corrected chi connectivity index (χ4v) is 2.48. The van der Waals surface area contributed by atoms with Gasteiger partial charge in [-0.15, -0.1) is 0 Å². The number of thiocarbonyl (C=S) groups is 1. The van der Waals surface area contributed by atoms with Crippen LogP contribution in [0, 0.1) is 0 Å². The molecule has 0 saturated heterocycles. The van der Waals surface area contributed by atoms with Crippen molar-refractivity contribution in [2.24, 2.45) is 0 Å². The molecule has 2 aromatic carbocycles. The molecule has 0 heterocycles. The molecule has 7 heteroatoms. The Morgan fingerprint density at radius 1 is 0.926 bits per heavy atom. The van der Waals surface area contributed by atoms with Crippen LogP contribution in [-0.4, -0.2) is 24.0 Å². The highest BCUT2D eigenvalue weighted by molar-refractivity contribution is 7.80. The third-order valence-electron chi connectivity index (χ3n) is 3.88. The zero-order valence-electron chi connectivity index (χ0n) is 15.8. The van der Waals surface area contributed by atoms with Gasteiger partial charge < -0.3 is 4.74 Å². The van der Waals surface area contributed by atoms with Crippen molar-refractivity contribution in [3.05, 3.63) is 65.2 Å². The summed E-state index contributed by atoms with van der Waals surface area (Å²) < 4.78 is 5.14. The lowest BCUT2D eigenvalue weighted by atomic mass is 9.87. The van der Waals surface area contributed by atoms with Gasteiger partial charge in [-0.25, -0.2) is 0 Å². The number of carbonyl (C=O) groups is 2. The van der Waals surface area contributed by atoms with Gasteiger partial charge in [0.25, 0.3) is 11.8 Å². The first kappa shape index (κ1) is 20.4. The third kappa shape index (κ3) is 5.52. The molecule has 142 valence electrons. The zero-order chi connectivity index (χ0) is 20.0. The van der Waals surface area contributed by atoms with E-state index in [1.54, 1.807) is 36.4 Å². The average Bonchev–Trinajstić information content (AvgIpc) is 2.65. The summed E-state index contributed by atoms with van der Waals surface area (Å²) in [6.07, 6.45) is 0. The van der Waals surface area contributed by atoms with Gasteiger partial charge in [-0.3, -0.25) is 25.8 Å². The first-order valence-electron chi connectivity index (χ1n) is 8.37. The molecule has 0 aromatic heterocycles. The number of methoxy groups -OCH3 is 1. The Bertz CT molecular complexity index is 842. The maximum Gasteiger partial charge on any atom is 0.273 e. The number of benzene rings is 2. The summed E-state index contributed by atoms with van der Waals surface area (Å²) in [5, 5.41) is 2.51. The van der Waals surface area contributed by atoms with E-state index in [1.807, 2.05) is 12.1 Å². The molecule has 2 rings (SSSR count). The number of rotatable bonds is 3. The predicted molar refractivity (Wildman–Crippen MR) is 109 cm³/mol. The second-order valence-electron chi connectivity index (χ2n) is 6.89. The summed E-state index contributed by atoms with van der Waals surface area (Å²) in [6.45, 7) is 6.31. The monoisotopic (exact) mass is 385 g/mol. The quantitative estimate of drug-likeness (QED) is 0.559. The molecule has 0 aliphatic carbocycles. The second-order valence-corrected chi connectivity index (χ2v) is 7.30. The Kier molecular flexibility index (Phi) is 6.52. The van der Waals surface area contributed by atoms with Crippen LogP contribution in [0.15, 0.2) is 48.5 Å². The van der Waals surface area contributed by atoms with Crippen LogP contribution >= 0.6 is 12.2 Å². The van der Waals surface area contributed by atoms with Gasteiger partial charge in [-0.1, -0.05) is 45.0 Å². The Hall–Kier alpha value is -2.93. The minimum absolute atomic E-state index is 0.00857. The lowest BCUT2D eigenvalue weighted by Gasteiger charge is -2.19. The van der Waals surface area contributed by atoms with Crippen molar-refractivity contribution in [2.75, 3.05) is 7.11 Å². The van der Waals surface area contributed by atoms with Crippen LogP contribution in [0.4, 0.5) is 0 Å². The molecule has 0 unspecified atom stereocenters. The summed E-state index contributed by atoms with van der Waals surface area (Å²) in [5.74, 6) is -0.358. The van der Waals surface area contributed by atoms with Crippen LogP contribution in [0.25, 0.3) is 0 Å². The number of amides is 2. The minimum atomic E-state index is -0.432.